The number of benzene rings is 1. The number of hydrogen-bond donors (Lipinski definition) is 2. The third kappa shape index (κ3) is 3.13. The van der Waals surface area contributed by atoms with Gasteiger partial charge in [0.2, 0.25) is 0 Å². The van der Waals surface area contributed by atoms with Crippen LogP contribution in [0.25, 0.3) is 0 Å². The first-order valence-corrected chi connectivity index (χ1v) is 6.51. The van der Waals surface area contributed by atoms with Gasteiger partial charge in [-0.2, -0.15) is 0 Å². The van der Waals surface area contributed by atoms with Crippen molar-refractivity contribution in [1.29, 1.82) is 0 Å². The molecule has 94 valence electrons. The Kier molecular flexibility index (Phi) is 3.89. The van der Waals surface area contributed by atoms with Crippen molar-refractivity contribution in [3.8, 4) is 0 Å². The lowest BCUT2D eigenvalue weighted by Gasteiger charge is -2.36. The molecule has 1 aliphatic rings. The summed E-state index contributed by atoms with van der Waals surface area (Å²) in [6.45, 7) is 9.84. The van der Waals surface area contributed by atoms with Crippen LogP contribution < -0.4 is 15.5 Å². The second kappa shape index (κ2) is 5.41. The average Bonchev–Trinajstić information content (AvgIpc) is 2.30. The average molecular weight is 233 g/mol. The molecule has 3 heteroatoms. The summed E-state index contributed by atoms with van der Waals surface area (Å²) in [4.78, 5) is 2.47. The Hall–Kier alpha value is -1.22. The molecule has 0 aromatic heterocycles. The number of nitrogens with one attached hydrogen (secondary N) is 2. The van der Waals surface area contributed by atoms with E-state index in [2.05, 4.69) is 60.6 Å². The van der Waals surface area contributed by atoms with Crippen molar-refractivity contribution < 1.29 is 0 Å². The number of nitrogens with zero attached hydrogens (tertiary/aromatic N) is 1. The van der Waals surface area contributed by atoms with Crippen LogP contribution in [0.5, 0.6) is 0 Å². The maximum Gasteiger partial charge on any atom is 0.0386 e. The van der Waals surface area contributed by atoms with E-state index < -0.39 is 0 Å². The van der Waals surface area contributed by atoms with Gasteiger partial charge in [0, 0.05) is 43.1 Å². The zero-order valence-corrected chi connectivity index (χ0v) is 11.0. The Morgan fingerprint density at radius 1 is 1.29 bits per heavy atom. The van der Waals surface area contributed by atoms with E-state index in [1.807, 2.05) is 0 Å². The molecular weight excluding hydrogens is 210 g/mol. The molecule has 2 N–H and O–H groups in total. The first-order valence-electron chi connectivity index (χ1n) is 6.51. The van der Waals surface area contributed by atoms with Gasteiger partial charge in [0.1, 0.15) is 0 Å². The molecule has 0 amide bonds. The van der Waals surface area contributed by atoms with E-state index in [1.54, 1.807) is 0 Å². The normalized spacial score (nSPS) is 20.7. The summed E-state index contributed by atoms with van der Waals surface area (Å²) in [5.41, 5.74) is 2.53. The van der Waals surface area contributed by atoms with Gasteiger partial charge >= 0.3 is 0 Å². The molecule has 2 rings (SSSR count). The van der Waals surface area contributed by atoms with Gasteiger partial charge in [0.05, 0.1) is 0 Å². The summed E-state index contributed by atoms with van der Waals surface area (Å²) in [7, 11) is 0. The van der Waals surface area contributed by atoms with E-state index in [0.717, 1.165) is 19.6 Å². The second-order valence-corrected chi connectivity index (χ2v) is 5.09. The van der Waals surface area contributed by atoms with Crippen molar-refractivity contribution in [3.05, 3.63) is 24.3 Å². The molecule has 17 heavy (non-hydrogen) atoms. The van der Waals surface area contributed by atoms with Crippen LogP contribution in [0.4, 0.5) is 11.4 Å². The maximum absolute atomic E-state index is 3.42. The molecule has 1 saturated heterocycles. The zero-order chi connectivity index (χ0) is 12.3. The van der Waals surface area contributed by atoms with Gasteiger partial charge in [-0.15, -0.1) is 0 Å². The van der Waals surface area contributed by atoms with Gasteiger partial charge < -0.3 is 15.5 Å². The van der Waals surface area contributed by atoms with Crippen molar-refractivity contribution in [2.24, 2.45) is 0 Å². The SMILES string of the molecule is CC(C)Nc1ccc(N2CCNC[C@H]2C)cc1. The Morgan fingerprint density at radius 3 is 2.59 bits per heavy atom. The summed E-state index contributed by atoms with van der Waals surface area (Å²) >= 11 is 0. The van der Waals surface area contributed by atoms with Crippen LogP contribution in [0.2, 0.25) is 0 Å². The molecule has 1 aliphatic heterocycles. The predicted molar refractivity (Wildman–Crippen MR) is 74.9 cm³/mol. The first-order chi connectivity index (χ1) is 8.16. The van der Waals surface area contributed by atoms with E-state index in [9.17, 15) is 0 Å². The third-order valence-corrected chi connectivity index (χ3v) is 3.16. The van der Waals surface area contributed by atoms with Crippen LogP contribution in [0.15, 0.2) is 24.3 Å². The van der Waals surface area contributed by atoms with Crippen LogP contribution in [-0.4, -0.2) is 31.7 Å². The molecule has 1 fully saturated rings. The Bertz CT molecular complexity index is 345. The maximum atomic E-state index is 3.42. The third-order valence-electron chi connectivity index (χ3n) is 3.16. The summed E-state index contributed by atoms with van der Waals surface area (Å²) in [5.74, 6) is 0. The lowest BCUT2D eigenvalue weighted by molar-refractivity contribution is 0.501. The Balaban J connectivity index is 2.06. The van der Waals surface area contributed by atoms with Crippen molar-refractivity contribution in [1.82, 2.24) is 5.32 Å². The highest BCUT2D eigenvalue weighted by atomic mass is 15.2. The molecule has 0 radical (unpaired) electrons. The van der Waals surface area contributed by atoms with Gasteiger partial charge in [-0.25, -0.2) is 0 Å². The molecule has 3 nitrogen and oxygen atoms in total. The van der Waals surface area contributed by atoms with Crippen LogP contribution >= 0.6 is 0 Å². The zero-order valence-electron chi connectivity index (χ0n) is 11.0. The molecule has 0 aliphatic carbocycles. The fourth-order valence-electron chi connectivity index (χ4n) is 2.31. The van der Waals surface area contributed by atoms with Gasteiger partial charge in [0.15, 0.2) is 0 Å². The van der Waals surface area contributed by atoms with Crippen molar-refractivity contribution in [2.75, 3.05) is 29.9 Å². The second-order valence-electron chi connectivity index (χ2n) is 5.09. The van der Waals surface area contributed by atoms with E-state index in [4.69, 9.17) is 0 Å². The minimum absolute atomic E-state index is 0.485. The van der Waals surface area contributed by atoms with Crippen LogP contribution in [0, 0.1) is 0 Å². The molecular formula is C14H23N3. The summed E-state index contributed by atoms with van der Waals surface area (Å²) < 4.78 is 0. The van der Waals surface area contributed by atoms with Crippen LogP contribution in [-0.2, 0) is 0 Å². The van der Waals surface area contributed by atoms with Gasteiger partial charge in [-0.05, 0) is 45.0 Å². The number of piperazine rings is 1. The molecule has 1 heterocycles. The quantitative estimate of drug-likeness (QED) is 0.839. The predicted octanol–water partition coefficient (Wildman–Crippen LogP) is 2.30. The van der Waals surface area contributed by atoms with Crippen LogP contribution in [0.3, 0.4) is 0 Å². The molecule has 0 bridgehead atoms. The Labute approximate surface area is 104 Å². The van der Waals surface area contributed by atoms with E-state index >= 15 is 0 Å². The highest BCUT2D eigenvalue weighted by Crippen LogP contribution is 2.21. The van der Waals surface area contributed by atoms with E-state index in [0.29, 0.717) is 12.1 Å². The number of anilines is 2. The highest BCUT2D eigenvalue weighted by molar-refractivity contribution is 5.56. The standard InChI is InChI=1S/C14H23N3/c1-11(2)16-13-4-6-14(7-5-13)17-9-8-15-10-12(17)3/h4-7,11-12,15-16H,8-10H2,1-3H3/t12-/m1/s1. The Morgan fingerprint density at radius 2 is 2.00 bits per heavy atom. The van der Waals surface area contributed by atoms with Crippen molar-refractivity contribution in [3.63, 3.8) is 0 Å². The minimum atomic E-state index is 0.485. The van der Waals surface area contributed by atoms with Gasteiger partial charge in [-0.3, -0.25) is 0 Å². The summed E-state index contributed by atoms with van der Waals surface area (Å²) in [5, 5.41) is 6.83. The summed E-state index contributed by atoms with van der Waals surface area (Å²) in [6, 6.07) is 9.83. The minimum Gasteiger partial charge on any atom is -0.383 e. The van der Waals surface area contributed by atoms with Gasteiger partial charge in [0.25, 0.3) is 0 Å². The largest absolute Gasteiger partial charge is 0.383 e. The molecule has 0 spiro atoms. The molecule has 1 aromatic carbocycles. The lowest BCUT2D eigenvalue weighted by Crippen LogP contribution is -2.49. The first kappa shape index (κ1) is 12.2. The fourth-order valence-corrected chi connectivity index (χ4v) is 2.31. The van der Waals surface area contributed by atoms with Crippen LogP contribution in [0.1, 0.15) is 20.8 Å². The summed E-state index contributed by atoms with van der Waals surface area (Å²) in [6.07, 6.45) is 0. The molecule has 1 aromatic rings. The topological polar surface area (TPSA) is 27.3 Å². The van der Waals surface area contributed by atoms with E-state index in [1.165, 1.54) is 11.4 Å². The smallest absolute Gasteiger partial charge is 0.0386 e. The number of rotatable bonds is 3. The van der Waals surface area contributed by atoms with E-state index in [-0.39, 0.29) is 0 Å². The number of hydrogen-bond acceptors (Lipinski definition) is 3. The van der Waals surface area contributed by atoms with Crippen molar-refractivity contribution in [2.45, 2.75) is 32.9 Å². The van der Waals surface area contributed by atoms with Gasteiger partial charge in [-0.1, -0.05) is 0 Å². The molecule has 1 atom stereocenters. The van der Waals surface area contributed by atoms with Crippen molar-refractivity contribution >= 4 is 11.4 Å². The molecule has 0 saturated carbocycles. The highest BCUT2D eigenvalue weighted by Gasteiger charge is 2.17. The fraction of sp³-hybridized carbons (Fsp3) is 0.571. The molecule has 0 unspecified atom stereocenters. The lowest BCUT2D eigenvalue weighted by atomic mass is 10.1. The monoisotopic (exact) mass is 233 g/mol.